The first kappa shape index (κ1) is 19.5. The normalized spacial score (nSPS) is 18.1. The Morgan fingerprint density at radius 1 is 1.10 bits per heavy atom. The first-order valence-electron chi connectivity index (χ1n) is 9.52. The topological polar surface area (TPSA) is 80.0 Å². The smallest absolute Gasteiger partial charge is 0.296 e. The van der Waals surface area contributed by atoms with E-state index in [0.717, 1.165) is 11.1 Å². The van der Waals surface area contributed by atoms with Crippen molar-refractivity contribution in [3.05, 3.63) is 95.0 Å². The van der Waals surface area contributed by atoms with Gasteiger partial charge < -0.3 is 19.2 Å². The number of ether oxygens (including phenoxy) is 1. The van der Waals surface area contributed by atoms with Crippen LogP contribution in [0.15, 0.2) is 76.9 Å². The minimum absolute atomic E-state index is 0.0611. The van der Waals surface area contributed by atoms with Crippen LogP contribution in [0.3, 0.4) is 0 Å². The summed E-state index contributed by atoms with van der Waals surface area (Å²) in [6.45, 7) is 1.93. The number of rotatable bonds is 5. The predicted molar refractivity (Wildman–Crippen MR) is 111 cm³/mol. The van der Waals surface area contributed by atoms with Gasteiger partial charge in [0.05, 0.1) is 31.5 Å². The molecule has 2 heterocycles. The number of amides is 1. The maximum atomic E-state index is 13.0. The molecule has 1 N–H and O–H groups in total. The van der Waals surface area contributed by atoms with E-state index >= 15 is 0 Å². The van der Waals surface area contributed by atoms with Crippen molar-refractivity contribution in [3.8, 4) is 5.75 Å². The number of aliphatic hydroxyl groups excluding tert-OH is 1. The van der Waals surface area contributed by atoms with Gasteiger partial charge in [-0.05, 0) is 48.4 Å². The maximum Gasteiger partial charge on any atom is 0.296 e. The summed E-state index contributed by atoms with van der Waals surface area (Å²) in [4.78, 5) is 27.4. The van der Waals surface area contributed by atoms with E-state index in [1.165, 1.54) is 11.2 Å². The largest absolute Gasteiger partial charge is 0.507 e. The Labute approximate surface area is 174 Å². The van der Waals surface area contributed by atoms with Gasteiger partial charge in [0.25, 0.3) is 11.7 Å². The monoisotopic (exact) mass is 403 g/mol. The molecule has 30 heavy (non-hydrogen) atoms. The molecule has 1 aliphatic rings. The van der Waals surface area contributed by atoms with Crippen LogP contribution >= 0.6 is 0 Å². The number of aliphatic hydroxyl groups is 1. The number of methoxy groups -OCH3 is 1. The Kier molecular flexibility index (Phi) is 5.14. The maximum absolute atomic E-state index is 13.0. The summed E-state index contributed by atoms with van der Waals surface area (Å²) < 4.78 is 10.6. The first-order valence-corrected chi connectivity index (χ1v) is 9.52. The van der Waals surface area contributed by atoms with E-state index in [9.17, 15) is 14.7 Å². The predicted octanol–water partition coefficient (Wildman–Crippen LogP) is 4.22. The van der Waals surface area contributed by atoms with Crippen molar-refractivity contribution in [1.82, 2.24) is 4.90 Å². The molecule has 2 aromatic carbocycles. The highest BCUT2D eigenvalue weighted by atomic mass is 16.5. The van der Waals surface area contributed by atoms with E-state index in [1.54, 1.807) is 37.4 Å². The molecule has 6 heteroatoms. The second-order valence-electron chi connectivity index (χ2n) is 7.10. The van der Waals surface area contributed by atoms with Crippen molar-refractivity contribution in [3.63, 3.8) is 0 Å². The summed E-state index contributed by atoms with van der Waals surface area (Å²) in [5.74, 6) is -0.402. The molecular weight excluding hydrogens is 382 g/mol. The molecule has 3 aromatic rings. The molecule has 1 fully saturated rings. The van der Waals surface area contributed by atoms with Crippen molar-refractivity contribution in [2.75, 3.05) is 7.11 Å². The molecule has 1 unspecified atom stereocenters. The van der Waals surface area contributed by atoms with Crippen molar-refractivity contribution in [2.24, 2.45) is 0 Å². The van der Waals surface area contributed by atoms with Crippen LogP contribution < -0.4 is 4.74 Å². The third-order valence-corrected chi connectivity index (χ3v) is 5.25. The lowest BCUT2D eigenvalue weighted by Gasteiger charge is -2.24. The average Bonchev–Trinajstić information content (AvgIpc) is 3.36. The number of aryl methyl sites for hydroxylation is 1. The van der Waals surface area contributed by atoms with Crippen LogP contribution in [0.1, 0.15) is 28.5 Å². The zero-order chi connectivity index (χ0) is 21.3. The summed E-state index contributed by atoms with van der Waals surface area (Å²) in [5.41, 5.74) is 2.01. The van der Waals surface area contributed by atoms with Gasteiger partial charge in [-0.1, -0.05) is 30.3 Å². The molecule has 1 aromatic heterocycles. The van der Waals surface area contributed by atoms with Gasteiger partial charge in [-0.2, -0.15) is 0 Å². The number of Topliss-reactive ketones (excluding diaryl/α,β-unsaturated/α-hetero) is 1. The Morgan fingerprint density at radius 2 is 1.87 bits per heavy atom. The van der Waals surface area contributed by atoms with Gasteiger partial charge >= 0.3 is 0 Å². The van der Waals surface area contributed by atoms with Gasteiger partial charge in [0.2, 0.25) is 0 Å². The van der Waals surface area contributed by atoms with Crippen molar-refractivity contribution in [2.45, 2.75) is 19.5 Å². The molecule has 4 rings (SSSR count). The van der Waals surface area contributed by atoms with Crippen molar-refractivity contribution < 1.29 is 23.8 Å². The molecule has 0 radical (unpaired) electrons. The van der Waals surface area contributed by atoms with Crippen LogP contribution in [0, 0.1) is 6.92 Å². The molecule has 1 atom stereocenters. The highest BCUT2D eigenvalue weighted by Gasteiger charge is 2.46. The Hall–Kier alpha value is -3.80. The molecule has 0 saturated carbocycles. The Morgan fingerprint density at radius 3 is 2.50 bits per heavy atom. The zero-order valence-electron chi connectivity index (χ0n) is 16.7. The van der Waals surface area contributed by atoms with Crippen LogP contribution in [0.25, 0.3) is 5.76 Å². The van der Waals surface area contributed by atoms with Crippen LogP contribution in [0.4, 0.5) is 0 Å². The first-order chi connectivity index (χ1) is 14.5. The number of carbonyl (C=O) groups excluding carboxylic acids is 2. The number of furan rings is 1. The number of benzene rings is 2. The van der Waals surface area contributed by atoms with Gasteiger partial charge in [-0.15, -0.1) is 0 Å². The molecule has 1 amide bonds. The van der Waals surface area contributed by atoms with E-state index in [1.807, 2.05) is 37.3 Å². The number of hydrogen-bond donors (Lipinski definition) is 1. The van der Waals surface area contributed by atoms with Gasteiger partial charge in [0.15, 0.2) is 0 Å². The minimum atomic E-state index is -0.724. The van der Waals surface area contributed by atoms with Crippen LogP contribution in [0.5, 0.6) is 5.75 Å². The van der Waals surface area contributed by atoms with Crippen LogP contribution in [0.2, 0.25) is 0 Å². The van der Waals surface area contributed by atoms with E-state index in [4.69, 9.17) is 9.15 Å². The van der Waals surface area contributed by atoms with Gasteiger partial charge in [-0.3, -0.25) is 9.59 Å². The Bertz CT molecular complexity index is 1120. The fourth-order valence-corrected chi connectivity index (χ4v) is 3.77. The summed E-state index contributed by atoms with van der Waals surface area (Å²) >= 11 is 0. The van der Waals surface area contributed by atoms with Crippen LogP contribution in [-0.2, 0) is 16.1 Å². The minimum Gasteiger partial charge on any atom is -0.507 e. The second kappa shape index (κ2) is 7.91. The molecule has 1 saturated heterocycles. The lowest BCUT2D eigenvalue weighted by atomic mass is 9.94. The molecule has 0 aliphatic carbocycles. The third kappa shape index (κ3) is 3.37. The summed E-state index contributed by atoms with van der Waals surface area (Å²) in [7, 11) is 1.56. The number of ketones is 1. The summed E-state index contributed by atoms with van der Waals surface area (Å²) in [6.07, 6.45) is 1.52. The zero-order valence-corrected chi connectivity index (χ0v) is 16.7. The molecular formula is C24H21NO5. The summed E-state index contributed by atoms with van der Waals surface area (Å²) in [5, 5.41) is 11.1. The second-order valence-corrected chi connectivity index (χ2v) is 7.10. The highest BCUT2D eigenvalue weighted by Crippen LogP contribution is 2.40. The lowest BCUT2D eigenvalue weighted by Crippen LogP contribution is -2.29. The summed E-state index contributed by atoms with van der Waals surface area (Å²) in [6, 6.07) is 17.1. The van der Waals surface area contributed by atoms with Gasteiger partial charge in [-0.25, -0.2) is 0 Å². The number of likely N-dealkylation sites (tertiary alicyclic amines) is 1. The third-order valence-electron chi connectivity index (χ3n) is 5.25. The number of carbonyl (C=O) groups is 2. The van der Waals surface area contributed by atoms with Gasteiger partial charge in [0.1, 0.15) is 17.3 Å². The SMILES string of the molecule is COc1ccc(/C(O)=C2/C(=O)C(=O)N(Cc3ccco3)C2c2ccccc2)c(C)c1. The fourth-order valence-electron chi connectivity index (χ4n) is 3.77. The van der Waals surface area contributed by atoms with E-state index in [-0.39, 0.29) is 17.9 Å². The highest BCUT2D eigenvalue weighted by molar-refractivity contribution is 6.46. The standard InChI is InChI=1S/C24H21NO5/c1-15-13-17(29-2)10-11-19(15)22(26)20-21(16-7-4-3-5-8-16)25(24(28)23(20)27)14-18-9-6-12-30-18/h3-13,21,26H,14H2,1-2H3/b22-20-. The fraction of sp³-hybridized carbons (Fsp3) is 0.167. The quantitative estimate of drug-likeness (QED) is 0.392. The number of nitrogens with zero attached hydrogens (tertiary/aromatic N) is 1. The van der Waals surface area contributed by atoms with E-state index in [2.05, 4.69) is 0 Å². The molecule has 0 spiro atoms. The molecule has 1 aliphatic heterocycles. The number of hydrogen-bond acceptors (Lipinski definition) is 5. The van der Waals surface area contributed by atoms with Gasteiger partial charge in [0, 0.05) is 5.56 Å². The van der Waals surface area contributed by atoms with E-state index < -0.39 is 17.7 Å². The van der Waals surface area contributed by atoms with Crippen LogP contribution in [-0.4, -0.2) is 28.8 Å². The Balaban J connectivity index is 1.87. The lowest BCUT2D eigenvalue weighted by molar-refractivity contribution is -0.140. The average molecular weight is 403 g/mol. The van der Waals surface area contributed by atoms with E-state index in [0.29, 0.717) is 17.1 Å². The molecule has 152 valence electrons. The molecule has 0 bridgehead atoms. The molecule has 6 nitrogen and oxygen atoms in total. The van der Waals surface area contributed by atoms with Crippen molar-refractivity contribution >= 4 is 17.4 Å². The van der Waals surface area contributed by atoms with Crippen molar-refractivity contribution in [1.29, 1.82) is 0 Å².